The Labute approximate surface area is 415 Å². The van der Waals surface area contributed by atoms with Crippen LogP contribution in [0.2, 0.25) is 0 Å². The second-order valence-electron chi connectivity index (χ2n) is 20.8. The number of phosphoric acid groups is 1. The number of esters is 1. The highest BCUT2D eigenvalue weighted by atomic mass is 31.2. The Kier molecular flexibility index (Phi) is 47.0. The number of amides is 1. The molecule has 0 heterocycles. The van der Waals surface area contributed by atoms with Gasteiger partial charge in [0.25, 0.3) is 0 Å². The molecule has 396 valence electrons. The minimum absolute atomic E-state index is 0.0425. The lowest BCUT2D eigenvalue weighted by Crippen LogP contribution is -2.47. The molecule has 0 aliphatic rings. The topological polar surface area (TPSA) is 111 Å². The van der Waals surface area contributed by atoms with Gasteiger partial charge in [0.15, 0.2) is 0 Å². The highest BCUT2D eigenvalue weighted by molar-refractivity contribution is 7.47. The number of ether oxygens (including phenoxy) is 1. The summed E-state index contributed by atoms with van der Waals surface area (Å²) in [4.78, 5) is 37.5. The monoisotopic (exact) mass is 968 g/mol. The maximum absolute atomic E-state index is 13.5. The molecule has 0 bridgehead atoms. The zero-order valence-corrected chi connectivity index (χ0v) is 46.1. The van der Waals surface area contributed by atoms with Crippen LogP contribution in [0.1, 0.15) is 278 Å². The highest BCUT2D eigenvalue weighted by Crippen LogP contribution is 2.43. The maximum Gasteiger partial charge on any atom is 0.472 e. The zero-order chi connectivity index (χ0) is 49.4. The van der Waals surface area contributed by atoms with E-state index in [1.54, 1.807) is 0 Å². The summed E-state index contributed by atoms with van der Waals surface area (Å²) in [7, 11) is 1.50. The average molecular weight is 969 g/mol. The quantitative estimate of drug-likeness (QED) is 0.0205. The fourth-order valence-electron chi connectivity index (χ4n) is 8.41. The van der Waals surface area contributed by atoms with Gasteiger partial charge >= 0.3 is 13.8 Å². The van der Waals surface area contributed by atoms with Crippen LogP contribution >= 0.6 is 7.82 Å². The molecule has 0 aliphatic carbocycles. The molecule has 10 heteroatoms. The summed E-state index contributed by atoms with van der Waals surface area (Å²) in [6, 6.07) is -0.843. The van der Waals surface area contributed by atoms with Crippen molar-refractivity contribution in [3.63, 3.8) is 0 Å². The fraction of sp³-hybridized carbons (Fsp3) is 0.895. The molecule has 0 fully saturated rings. The average Bonchev–Trinajstić information content (AvgIpc) is 3.28. The number of unbranched alkanes of at least 4 members (excludes halogenated alkanes) is 34. The first-order chi connectivity index (χ1) is 32.4. The lowest BCUT2D eigenvalue weighted by atomic mass is 10.0. The second kappa shape index (κ2) is 48.1. The van der Waals surface area contributed by atoms with Crippen molar-refractivity contribution in [2.24, 2.45) is 0 Å². The van der Waals surface area contributed by atoms with Gasteiger partial charge in [0, 0.05) is 12.8 Å². The third kappa shape index (κ3) is 49.3. The molecule has 0 spiro atoms. The van der Waals surface area contributed by atoms with Gasteiger partial charge in [-0.25, -0.2) is 4.57 Å². The fourth-order valence-corrected chi connectivity index (χ4v) is 9.14. The van der Waals surface area contributed by atoms with Crippen LogP contribution in [0.25, 0.3) is 0 Å². The SMILES string of the molecule is CCCCCCCC/C=C/CCCCCCCCCC(=O)NC(COP(=O)(O)OCC[N+](C)(C)C)C(/C=C/CCCCCCCCCCC)OC(=O)CCCCCCCCCCCCCCC. The van der Waals surface area contributed by atoms with Gasteiger partial charge in [0.1, 0.15) is 19.3 Å². The molecular formula is C57H112N2O7P+. The maximum atomic E-state index is 13.5. The summed E-state index contributed by atoms with van der Waals surface area (Å²) in [6.07, 6.45) is 54.5. The van der Waals surface area contributed by atoms with Crippen molar-refractivity contribution in [1.82, 2.24) is 5.32 Å². The van der Waals surface area contributed by atoms with E-state index < -0.39 is 20.0 Å². The zero-order valence-electron chi connectivity index (χ0n) is 45.2. The third-order valence-electron chi connectivity index (χ3n) is 12.9. The van der Waals surface area contributed by atoms with Crippen molar-refractivity contribution in [2.45, 2.75) is 290 Å². The van der Waals surface area contributed by atoms with Crippen LogP contribution in [0, 0.1) is 0 Å². The molecule has 0 aromatic heterocycles. The smallest absolute Gasteiger partial charge is 0.456 e. The van der Waals surface area contributed by atoms with Gasteiger partial charge in [-0.3, -0.25) is 18.6 Å². The first kappa shape index (κ1) is 65.5. The Morgan fingerprint density at radius 1 is 0.507 bits per heavy atom. The summed E-state index contributed by atoms with van der Waals surface area (Å²) >= 11 is 0. The van der Waals surface area contributed by atoms with E-state index in [0.717, 1.165) is 57.8 Å². The molecule has 0 aromatic carbocycles. The summed E-state index contributed by atoms with van der Waals surface area (Å²) < 4.78 is 30.6. The summed E-state index contributed by atoms with van der Waals surface area (Å²) in [5.41, 5.74) is 0. The molecule has 9 nitrogen and oxygen atoms in total. The van der Waals surface area contributed by atoms with Crippen molar-refractivity contribution in [2.75, 3.05) is 40.9 Å². The second-order valence-corrected chi connectivity index (χ2v) is 22.3. The molecule has 0 aromatic rings. The number of carbonyl (C=O) groups is 2. The van der Waals surface area contributed by atoms with Crippen LogP contribution in [-0.4, -0.2) is 74.3 Å². The Bertz CT molecular complexity index is 1210. The lowest BCUT2D eigenvalue weighted by Gasteiger charge is -2.27. The van der Waals surface area contributed by atoms with E-state index in [9.17, 15) is 19.0 Å². The third-order valence-corrected chi connectivity index (χ3v) is 13.9. The number of allylic oxidation sites excluding steroid dienone is 3. The van der Waals surface area contributed by atoms with Crippen LogP contribution in [-0.2, 0) is 27.9 Å². The highest BCUT2D eigenvalue weighted by Gasteiger charge is 2.30. The number of likely N-dealkylation sites (N-methyl/N-ethyl adjacent to an activating group) is 1. The van der Waals surface area contributed by atoms with Gasteiger partial charge < -0.3 is 19.4 Å². The van der Waals surface area contributed by atoms with Crippen LogP contribution in [0.4, 0.5) is 0 Å². The summed E-state index contributed by atoms with van der Waals surface area (Å²) in [5.74, 6) is -0.499. The number of hydrogen-bond donors (Lipinski definition) is 2. The lowest BCUT2D eigenvalue weighted by molar-refractivity contribution is -0.870. The first-order valence-electron chi connectivity index (χ1n) is 28.7. The molecular weight excluding hydrogens is 856 g/mol. The molecule has 2 N–H and O–H groups in total. The predicted molar refractivity (Wildman–Crippen MR) is 286 cm³/mol. The Balaban J connectivity index is 5.29. The summed E-state index contributed by atoms with van der Waals surface area (Å²) in [6.45, 7) is 7.02. The van der Waals surface area contributed by atoms with Crippen LogP contribution in [0.5, 0.6) is 0 Å². The Morgan fingerprint density at radius 3 is 1.27 bits per heavy atom. The molecule has 1 amide bonds. The Hall–Kier alpha value is -1.51. The summed E-state index contributed by atoms with van der Waals surface area (Å²) in [5, 5.41) is 3.05. The van der Waals surface area contributed by atoms with Crippen molar-refractivity contribution >= 4 is 19.7 Å². The Morgan fingerprint density at radius 2 is 0.866 bits per heavy atom. The number of hydrogen-bond acceptors (Lipinski definition) is 6. The van der Waals surface area contributed by atoms with E-state index in [4.69, 9.17) is 13.8 Å². The van der Waals surface area contributed by atoms with Crippen LogP contribution < -0.4 is 5.32 Å². The number of phosphoric ester groups is 1. The molecule has 67 heavy (non-hydrogen) atoms. The predicted octanol–water partition coefficient (Wildman–Crippen LogP) is 17.0. The van der Waals surface area contributed by atoms with Crippen molar-refractivity contribution < 1.29 is 37.3 Å². The van der Waals surface area contributed by atoms with E-state index >= 15 is 0 Å². The van der Waals surface area contributed by atoms with Gasteiger partial charge in [0.05, 0.1) is 33.8 Å². The number of quaternary nitrogens is 1. The van der Waals surface area contributed by atoms with E-state index in [1.165, 1.54) is 186 Å². The van der Waals surface area contributed by atoms with Gasteiger partial charge in [-0.1, -0.05) is 232 Å². The minimum atomic E-state index is -4.44. The van der Waals surface area contributed by atoms with Crippen molar-refractivity contribution in [3.8, 4) is 0 Å². The number of nitrogens with one attached hydrogen (secondary N) is 1. The van der Waals surface area contributed by atoms with Crippen LogP contribution in [0.3, 0.4) is 0 Å². The van der Waals surface area contributed by atoms with E-state index in [0.29, 0.717) is 23.9 Å². The van der Waals surface area contributed by atoms with E-state index in [-0.39, 0.29) is 25.1 Å². The van der Waals surface area contributed by atoms with Crippen LogP contribution in [0.15, 0.2) is 24.3 Å². The first-order valence-corrected chi connectivity index (χ1v) is 30.2. The largest absolute Gasteiger partial charge is 0.472 e. The molecule has 0 radical (unpaired) electrons. The normalized spacial score (nSPS) is 14.0. The van der Waals surface area contributed by atoms with Gasteiger partial charge in [-0.15, -0.1) is 0 Å². The molecule has 3 atom stereocenters. The standard InChI is InChI=1S/C57H111N2O7P/c1-7-10-13-16-19-22-25-27-28-29-30-32-34-37-40-43-46-49-56(60)58-54(53-65-67(62,63)64-52-51-59(4,5)6)55(48-45-42-39-36-33-24-21-18-15-12-9-3)66-57(61)50-47-44-41-38-35-31-26-23-20-17-14-11-8-2/h27-28,45,48,54-55H,7-26,29-44,46-47,49-53H2,1-6H3,(H-,58,60,62,63)/p+1/b28-27+,48-45+. The van der Waals surface area contributed by atoms with Gasteiger partial charge in [0.2, 0.25) is 5.91 Å². The minimum Gasteiger partial charge on any atom is -0.456 e. The number of carbonyl (C=O) groups excluding carboxylic acids is 2. The van der Waals surface area contributed by atoms with Gasteiger partial charge in [-0.2, -0.15) is 0 Å². The van der Waals surface area contributed by atoms with Gasteiger partial charge in [-0.05, 0) is 57.4 Å². The van der Waals surface area contributed by atoms with E-state index in [2.05, 4.69) is 38.2 Å². The molecule has 0 aliphatic heterocycles. The number of nitrogens with zero attached hydrogens (tertiary/aromatic N) is 1. The molecule has 0 saturated heterocycles. The van der Waals surface area contributed by atoms with E-state index in [1.807, 2.05) is 33.3 Å². The van der Waals surface area contributed by atoms with Crippen molar-refractivity contribution in [3.05, 3.63) is 24.3 Å². The molecule has 0 saturated carbocycles. The molecule has 0 rings (SSSR count). The molecule has 3 unspecified atom stereocenters. The number of rotatable bonds is 52. The van der Waals surface area contributed by atoms with Crippen molar-refractivity contribution in [1.29, 1.82) is 0 Å².